The molecule has 2 aliphatic rings. The number of anilines is 1. The topological polar surface area (TPSA) is 86.8 Å². The van der Waals surface area contributed by atoms with Gasteiger partial charge < -0.3 is 10.2 Å². The Hall–Kier alpha value is -3.00. The molecule has 1 saturated heterocycles. The van der Waals surface area contributed by atoms with Crippen molar-refractivity contribution in [1.82, 2.24) is 9.80 Å². The van der Waals surface area contributed by atoms with Crippen molar-refractivity contribution in [2.24, 2.45) is 0 Å². The van der Waals surface area contributed by atoms with Crippen molar-refractivity contribution in [3.8, 4) is 0 Å². The van der Waals surface area contributed by atoms with Gasteiger partial charge >= 0.3 is 0 Å². The number of nitrogens with zero attached hydrogens (tertiary/aromatic N) is 2. The van der Waals surface area contributed by atoms with E-state index in [1.165, 1.54) is 11.0 Å². The Labute approximate surface area is 194 Å². The van der Waals surface area contributed by atoms with Crippen molar-refractivity contribution in [1.29, 1.82) is 0 Å². The average Bonchev–Trinajstić information content (AvgIpc) is 3.37. The van der Waals surface area contributed by atoms with E-state index in [9.17, 15) is 19.2 Å². The molecule has 0 saturated carbocycles. The SMILES string of the molecule is CCCCN1C(=O)c2ccc(C(=O)N3CCCC3C(=O)Nc3ccc(Br)cc3)cc2C1=O. The van der Waals surface area contributed by atoms with Crippen molar-refractivity contribution < 1.29 is 19.2 Å². The van der Waals surface area contributed by atoms with E-state index >= 15 is 0 Å². The molecule has 1 N–H and O–H groups in total. The van der Waals surface area contributed by atoms with Gasteiger partial charge in [0.25, 0.3) is 17.7 Å². The first-order chi connectivity index (χ1) is 15.4. The van der Waals surface area contributed by atoms with Gasteiger partial charge in [0.05, 0.1) is 11.1 Å². The number of carbonyl (C=O) groups is 4. The molecule has 2 aliphatic heterocycles. The van der Waals surface area contributed by atoms with Gasteiger partial charge in [-0.25, -0.2) is 0 Å². The van der Waals surface area contributed by atoms with E-state index in [4.69, 9.17) is 0 Å². The maximum absolute atomic E-state index is 13.2. The Morgan fingerprint density at radius 1 is 1.06 bits per heavy atom. The third-order valence-corrected chi connectivity index (χ3v) is 6.41. The van der Waals surface area contributed by atoms with Crippen LogP contribution in [-0.2, 0) is 4.79 Å². The van der Waals surface area contributed by atoms with Gasteiger partial charge in [0.2, 0.25) is 5.91 Å². The molecule has 0 aromatic heterocycles. The van der Waals surface area contributed by atoms with Crippen molar-refractivity contribution in [3.05, 3.63) is 63.6 Å². The molecule has 32 heavy (non-hydrogen) atoms. The summed E-state index contributed by atoms with van der Waals surface area (Å²) < 4.78 is 0.908. The first-order valence-electron chi connectivity index (χ1n) is 10.8. The summed E-state index contributed by atoms with van der Waals surface area (Å²) in [5.74, 6) is -1.23. The van der Waals surface area contributed by atoms with Crippen molar-refractivity contribution in [3.63, 3.8) is 0 Å². The molecule has 0 aliphatic carbocycles. The number of hydrogen-bond donors (Lipinski definition) is 1. The molecule has 8 heteroatoms. The molecule has 4 rings (SSSR count). The number of halogens is 1. The number of likely N-dealkylation sites (tertiary alicyclic amines) is 1. The zero-order valence-corrected chi connectivity index (χ0v) is 19.4. The van der Waals surface area contributed by atoms with Crippen LogP contribution in [0.2, 0.25) is 0 Å². The second kappa shape index (κ2) is 9.24. The lowest BCUT2D eigenvalue weighted by molar-refractivity contribution is -0.119. The predicted molar refractivity (Wildman–Crippen MR) is 124 cm³/mol. The standard InChI is InChI=1S/C24H24BrN3O4/c1-2-3-12-28-23(31)18-11-6-15(14-19(18)24(28)32)22(30)27-13-4-5-20(27)21(29)26-17-9-7-16(25)8-10-17/h6-11,14,20H,2-5,12-13H2,1H3,(H,26,29). The van der Waals surface area contributed by atoms with E-state index in [0.29, 0.717) is 36.3 Å². The lowest BCUT2D eigenvalue weighted by Crippen LogP contribution is -2.43. The summed E-state index contributed by atoms with van der Waals surface area (Å²) in [5.41, 5.74) is 1.55. The normalized spacial score (nSPS) is 17.6. The average molecular weight is 498 g/mol. The largest absolute Gasteiger partial charge is 0.327 e. The van der Waals surface area contributed by atoms with Crippen molar-refractivity contribution in [2.45, 2.75) is 38.6 Å². The van der Waals surface area contributed by atoms with Crippen LogP contribution < -0.4 is 5.32 Å². The number of unbranched alkanes of at least 4 members (excludes halogenated alkanes) is 1. The molecule has 1 atom stereocenters. The van der Waals surface area contributed by atoms with Crippen LogP contribution in [0.25, 0.3) is 0 Å². The minimum Gasteiger partial charge on any atom is -0.327 e. The van der Waals surface area contributed by atoms with Gasteiger partial charge in [0, 0.05) is 28.8 Å². The summed E-state index contributed by atoms with van der Waals surface area (Å²) in [6.45, 7) is 2.83. The van der Waals surface area contributed by atoms with Gasteiger partial charge in [0.1, 0.15) is 6.04 Å². The highest BCUT2D eigenvalue weighted by atomic mass is 79.9. The van der Waals surface area contributed by atoms with Crippen LogP contribution in [0.4, 0.5) is 5.69 Å². The lowest BCUT2D eigenvalue weighted by atomic mass is 10.0. The first-order valence-corrected chi connectivity index (χ1v) is 11.6. The quantitative estimate of drug-likeness (QED) is 0.608. The van der Waals surface area contributed by atoms with Crippen molar-refractivity contribution in [2.75, 3.05) is 18.4 Å². The Kier molecular flexibility index (Phi) is 6.41. The summed E-state index contributed by atoms with van der Waals surface area (Å²) >= 11 is 3.36. The Morgan fingerprint density at radius 2 is 1.78 bits per heavy atom. The van der Waals surface area contributed by atoms with Crippen LogP contribution in [-0.4, -0.2) is 52.6 Å². The fourth-order valence-corrected chi connectivity index (χ4v) is 4.41. The van der Waals surface area contributed by atoms with Gasteiger partial charge in [-0.15, -0.1) is 0 Å². The maximum Gasteiger partial charge on any atom is 0.261 e. The molecule has 2 aromatic rings. The van der Waals surface area contributed by atoms with Crippen LogP contribution in [0.1, 0.15) is 63.7 Å². The first kappa shape index (κ1) is 22.2. The molecule has 0 bridgehead atoms. The van der Waals surface area contributed by atoms with Crippen molar-refractivity contribution >= 4 is 45.2 Å². The maximum atomic E-state index is 13.2. The molecular formula is C24H24BrN3O4. The number of amides is 4. The fourth-order valence-electron chi connectivity index (χ4n) is 4.15. The molecule has 7 nitrogen and oxygen atoms in total. The zero-order chi connectivity index (χ0) is 22.8. The number of nitrogens with one attached hydrogen (secondary N) is 1. The van der Waals surface area contributed by atoms with Gasteiger partial charge in [-0.2, -0.15) is 0 Å². The van der Waals surface area contributed by atoms with E-state index in [0.717, 1.165) is 23.7 Å². The Bertz CT molecular complexity index is 1080. The monoisotopic (exact) mass is 497 g/mol. The number of hydrogen-bond acceptors (Lipinski definition) is 4. The number of fused-ring (bicyclic) bond motifs is 1. The summed E-state index contributed by atoms with van der Waals surface area (Å²) in [4.78, 5) is 54.1. The number of rotatable bonds is 6. The van der Waals surface area contributed by atoms with E-state index in [1.54, 1.807) is 29.2 Å². The Balaban J connectivity index is 1.51. The molecular weight excluding hydrogens is 474 g/mol. The van der Waals surface area contributed by atoms with Crippen LogP contribution in [0.3, 0.4) is 0 Å². The molecule has 0 radical (unpaired) electrons. The van der Waals surface area contributed by atoms with E-state index in [1.807, 2.05) is 19.1 Å². The molecule has 2 heterocycles. The predicted octanol–water partition coefficient (Wildman–Crippen LogP) is 4.09. The third kappa shape index (κ3) is 4.19. The molecule has 0 spiro atoms. The Morgan fingerprint density at radius 3 is 2.50 bits per heavy atom. The van der Waals surface area contributed by atoms with Crippen LogP contribution >= 0.6 is 15.9 Å². The van der Waals surface area contributed by atoms with E-state index in [2.05, 4.69) is 21.2 Å². The molecule has 166 valence electrons. The fraction of sp³-hybridized carbons (Fsp3) is 0.333. The minimum atomic E-state index is -0.585. The van der Waals surface area contributed by atoms with E-state index in [-0.39, 0.29) is 29.2 Å². The van der Waals surface area contributed by atoms with Gasteiger partial charge in [-0.3, -0.25) is 24.1 Å². The summed E-state index contributed by atoms with van der Waals surface area (Å²) in [5, 5.41) is 2.87. The second-order valence-corrected chi connectivity index (χ2v) is 8.94. The van der Waals surface area contributed by atoms with Crippen LogP contribution in [0, 0.1) is 0 Å². The number of imide groups is 1. The lowest BCUT2D eigenvalue weighted by Gasteiger charge is -2.24. The van der Waals surface area contributed by atoms with Gasteiger partial charge in [-0.1, -0.05) is 29.3 Å². The molecule has 1 unspecified atom stereocenters. The minimum absolute atomic E-state index is 0.240. The van der Waals surface area contributed by atoms with E-state index < -0.39 is 6.04 Å². The number of benzene rings is 2. The summed E-state index contributed by atoms with van der Waals surface area (Å²) in [7, 11) is 0. The summed E-state index contributed by atoms with van der Waals surface area (Å²) in [6.07, 6.45) is 2.90. The third-order valence-electron chi connectivity index (χ3n) is 5.88. The van der Waals surface area contributed by atoms with Crippen LogP contribution in [0.15, 0.2) is 46.9 Å². The molecule has 4 amide bonds. The number of carbonyl (C=O) groups excluding carboxylic acids is 4. The molecule has 2 aromatic carbocycles. The highest BCUT2D eigenvalue weighted by Gasteiger charge is 2.38. The van der Waals surface area contributed by atoms with Gasteiger partial charge in [0.15, 0.2) is 0 Å². The smallest absolute Gasteiger partial charge is 0.261 e. The molecule has 1 fully saturated rings. The van der Waals surface area contributed by atoms with Gasteiger partial charge in [-0.05, 0) is 61.7 Å². The summed E-state index contributed by atoms with van der Waals surface area (Å²) in [6, 6.07) is 11.3. The van der Waals surface area contributed by atoms with Crippen LogP contribution in [0.5, 0.6) is 0 Å². The zero-order valence-electron chi connectivity index (χ0n) is 17.8. The second-order valence-electron chi connectivity index (χ2n) is 8.03. The highest BCUT2D eigenvalue weighted by Crippen LogP contribution is 2.27. The highest BCUT2D eigenvalue weighted by molar-refractivity contribution is 9.10.